The van der Waals surface area contributed by atoms with E-state index in [2.05, 4.69) is 77.1 Å². The Bertz CT molecular complexity index is 849. The summed E-state index contributed by atoms with van der Waals surface area (Å²) in [6.45, 7) is 11.4. The third-order valence-corrected chi connectivity index (χ3v) is 10.8. The Kier molecular flexibility index (Phi) is 7.10. The Balaban J connectivity index is 2.29. The maximum atomic E-state index is 6.67. The van der Waals surface area contributed by atoms with Crippen molar-refractivity contribution in [3.8, 4) is 11.1 Å². The van der Waals surface area contributed by atoms with Gasteiger partial charge in [-0.15, -0.1) is 0 Å². The molecule has 0 aromatic heterocycles. The molecule has 0 N–H and O–H groups in total. The average Bonchev–Trinajstić information content (AvgIpc) is 2.97. The van der Waals surface area contributed by atoms with Crippen molar-refractivity contribution in [1.82, 2.24) is 0 Å². The van der Waals surface area contributed by atoms with E-state index in [1.807, 2.05) is 0 Å². The Morgan fingerprint density at radius 2 is 1.70 bits per heavy atom. The molecule has 0 fully saturated rings. The van der Waals surface area contributed by atoms with Gasteiger partial charge in [0.05, 0.1) is 0 Å². The third kappa shape index (κ3) is 4.31. The maximum absolute atomic E-state index is 6.67. The molecule has 1 aliphatic carbocycles. The van der Waals surface area contributed by atoms with Crippen molar-refractivity contribution in [3.63, 3.8) is 0 Å². The summed E-state index contributed by atoms with van der Waals surface area (Å²) in [4.78, 5) is 0. The van der Waals surface area contributed by atoms with Crippen molar-refractivity contribution in [2.24, 2.45) is 5.92 Å². The van der Waals surface area contributed by atoms with Crippen LogP contribution in [-0.2, 0) is 25.8 Å². The van der Waals surface area contributed by atoms with Crippen molar-refractivity contribution in [2.75, 3.05) is 0 Å². The Hall–Kier alpha value is -0.357. The van der Waals surface area contributed by atoms with Crippen LogP contribution < -0.4 is 0 Å². The number of hydrogen-bond donors (Lipinski definition) is 0. The van der Waals surface area contributed by atoms with Crippen LogP contribution >= 0.6 is 17.0 Å². The zero-order valence-electron chi connectivity index (χ0n) is 16.9. The number of allylic oxidation sites excluding steroid dienone is 1. The molecule has 3 heteroatoms. The topological polar surface area (TPSA) is 0 Å². The molecule has 27 heavy (non-hydrogen) atoms. The van der Waals surface area contributed by atoms with Crippen LogP contribution in [0.15, 0.2) is 42.0 Å². The van der Waals surface area contributed by atoms with Crippen molar-refractivity contribution < 1.29 is 19.4 Å². The molecule has 2 aromatic carbocycles. The van der Waals surface area contributed by atoms with E-state index in [-0.39, 0.29) is 0 Å². The number of fused-ring (bicyclic) bond motifs is 1. The second-order valence-corrected chi connectivity index (χ2v) is 17.0. The van der Waals surface area contributed by atoms with Crippen LogP contribution in [0.1, 0.15) is 72.8 Å². The first-order valence-electron chi connectivity index (χ1n) is 9.98. The number of benzene rings is 2. The monoisotopic (exact) mass is 477 g/mol. The molecule has 3 rings (SSSR count). The van der Waals surface area contributed by atoms with Crippen molar-refractivity contribution in [1.29, 1.82) is 0 Å². The SMILES string of the molecule is CCc1ccccc1-c1c(C(C)C)ccc2c1C=C(CC(C)C)[CH]2[Zr]([Cl])[Cl]. The fraction of sp³-hybridized carbons (Fsp3) is 0.417. The van der Waals surface area contributed by atoms with Gasteiger partial charge in [0.25, 0.3) is 0 Å². The third-order valence-electron chi connectivity index (χ3n) is 5.47. The molecule has 0 radical (unpaired) electrons. The molecule has 0 saturated heterocycles. The summed E-state index contributed by atoms with van der Waals surface area (Å²) in [5.74, 6) is 1.08. The molecule has 0 heterocycles. The van der Waals surface area contributed by atoms with Crippen LogP contribution in [-0.4, -0.2) is 0 Å². The summed E-state index contributed by atoms with van der Waals surface area (Å²) in [5, 5.41) is 0. The zero-order valence-corrected chi connectivity index (χ0v) is 20.9. The van der Waals surface area contributed by atoms with Crippen molar-refractivity contribution in [3.05, 3.63) is 64.2 Å². The minimum atomic E-state index is -2.48. The molecule has 1 atom stereocenters. The van der Waals surface area contributed by atoms with E-state index in [0.29, 0.717) is 15.5 Å². The fourth-order valence-corrected chi connectivity index (χ4v) is 9.72. The van der Waals surface area contributed by atoms with E-state index in [0.717, 1.165) is 12.8 Å². The van der Waals surface area contributed by atoms with Gasteiger partial charge in [-0.25, -0.2) is 0 Å². The van der Waals surface area contributed by atoms with Crippen LogP contribution in [0.4, 0.5) is 0 Å². The molecule has 0 bridgehead atoms. The van der Waals surface area contributed by atoms with E-state index in [1.54, 1.807) is 0 Å². The molecular formula is C24H29Cl2Zr. The molecule has 2 aromatic rings. The van der Waals surface area contributed by atoms with E-state index in [1.165, 1.54) is 39.0 Å². The summed E-state index contributed by atoms with van der Waals surface area (Å²) in [7, 11) is 13.3. The zero-order chi connectivity index (χ0) is 19.7. The summed E-state index contributed by atoms with van der Waals surface area (Å²) in [5.41, 5.74) is 9.81. The van der Waals surface area contributed by atoms with Crippen LogP contribution in [0.25, 0.3) is 17.2 Å². The number of halogens is 2. The van der Waals surface area contributed by atoms with Crippen molar-refractivity contribution in [2.45, 2.75) is 57.0 Å². The van der Waals surface area contributed by atoms with Crippen molar-refractivity contribution >= 4 is 23.1 Å². The fourth-order valence-electron chi connectivity index (χ4n) is 4.29. The normalized spacial score (nSPS) is 16.0. The predicted octanol–water partition coefficient (Wildman–Crippen LogP) is 8.45. The molecule has 1 unspecified atom stereocenters. The minimum absolute atomic E-state index is 0.293. The molecule has 1 aliphatic rings. The van der Waals surface area contributed by atoms with Gasteiger partial charge in [-0.2, -0.15) is 0 Å². The first-order valence-corrected chi connectivity index (χ1v) is 17.7. The second-order valence-electron chi connectivity index (χ2n) is 8.24. The van der Waals surface area contributed by atoms with Crippen LogP contribution in [0, 0.1) is 5.92 Å². The van der Waals surface area contributed by atoms with Crippen LogP contribution in [0.2, 0.25) is 0 Å². The Morgan fingerprint density at radius 1 is 1.00 bits per heavy atom. The van der Waals surface area contributed by atoms with E-state index in [4.69, 9.17) is 17.0 Å². The predicted molar refractivity (Wildman–Crippen MR) is 117 cm³/mol. The van der Waals surface area contributed by atoms with E-state index in [9.17, 15) is 0 Å². The van der Waals surface area contributed by atoms with Gasteiger partial charge < -0.3 is 0 Å². The molecule has 0 amide bonds. The van der Waals surface area contributed by atoms with Crippen LogP contribution in [0.3, 0.4) is 0 Å². The molecule has 0 nitrogen and oxygen atoms in total. The molecule has 0 saturated carbocycles. The first kappa shape index (κ1) is 21.4. The first-order chi connectivity index (χ1) is 12.8. The van der Waals surface area contributed by atoms with Gasteiger partial charge in [0.2, 0.25) is 0 Å². The van der Waals surface area contributed by atoms with E-state index >= 15 is 0 Å². The summed E-state index contributed by atoms with van der Waals surface area (Å²) >= 11 is -2.48. The Labute approximate surface area is 179 Å². The van der Waals surface area contributed by atoms with Gasteiger partial charge >= 0.3 is 181 Å². The number of rotatable bonds is 6. The van der Waals surface area contributed by atoms with Gasteiger partial charge in [0.15, 0.2) is 0 Å². The van der Waals surface area contributed by atoms with Gasteiger partial charge in [-0.1, -0.05) is 0 Å². The van der Waals surface area contributed by atoms with Crippen LogP contribution in [0.5, 0.6) is 0 Å². The quantitative estimate of drug-likeness (QED) is 0.390. The molecule has 0 spiro atoms. The summed E-state index contributed by atoms with van der Waals surface area (Å²) in [6, 6.07) is 13.5. The molecule has 0 aliphatic heterocycles. The molecular weight excluding hydrogens is 450 g/mol. The Morgan fingerprint density at radius 3 is 2.30 bits per heavy atom. The van der Waals surface area contributed by atoms with Gasteiger partial charge in [0, 0.05) is 0 Å². The average molecular weight is 480 g/mol. The summed E-state index contributed by atoms with van der Waals surface area (Å²) in [6.07, 6.45) is 4.54. The second kappa shape index (κ2) is 8.98. The van der Waals surface area contributed by atoms with Gasteiger partial charge in [-0.3, -0.25) is 0 Å². The number of aryl methyl sites for hydroxylation is 1. The van der Waals surface area contributed by atoms with Gasteiger partial charge in [-0.05, 0) is 0 Å². The molecule has 143 valence electrons. The number of hydrogen-bond acceptors (Lipinski definition) is 0. The summed E-state index contributed by atoms with van der Waals surface area (Å²) < 4.78 is 0.293. The standard InChI is InChI=1S/C24H29.2ClH.Zr/c1-6-19-9-7-8-10-22(19)24-21(17(4)5)12-11-20-14-18(13-16(2)3)15-23(20)24;;;/h7-12,14-17H,6,13H2,1-5H3;2*1H;/q;;;+2/p-2. The van der Waals surface area contributed by atoms with Gasteiger partial charge in [0.1, 0.15) is 0 Å². The van der Waals surface area contributed by atoms with E-state index < -0.39 is 19.4 Å².